The average molecular weight is 313 g/mol. The van der Waals surface area contributed by atoms with Gasteiger partial charge in [-0.15, -0.1) is 0 Å². The quantitative estimate of drug-likeness (QED) is 0.754. The molecule has 1 aliphatic carbocycles. The van der Waals surface area contributed by atoms with Gasteiger partial charge in [-0.05, 0) is 37.0 Å². The van der Waals surface area contributed by atoms with Crippen LogP contribution in [0.2, 0.25) is 5.02 Å². The van der Waals surface area contributed by atoms with E-state index in [-0.39, 0.29) is 18.7 Å². The van der Waals surface area contributed by atoms with Crippen molar-refractivity contribution in [3.63, 3.8) is 0 Å². The second-order valence-electron chi connectivity index (χ2n) is 5.42. The third-order valence-electron chi connectivity index (χ3n) is 3.82. The van der Waals surface area contributed by atoms with Gasteiger partial charge in [0.15, 0.2) is 0 Å². The van der Waals surface area contributed by atoms with Gasteiger partial charge in [-0.1, -0.05) is 23.7 Å². The second kappa shape index (κ2) is 7.11. The predicted molar refractivity (Wildman–Crippen MR) is 81.4 cm³/mol. The molecular formula is C15H21ClN2O3. The molecule has 1 fully saturated rings. The topological polar surface area (TPSA) is 70.6 Å². The number of nitrogens with one attached hydrogen (secondary N) is 2. The zero-order chi connectivity index (χ0) is 15.3. The van der Waals surface area contributed by atoms with Crippen LogP contribution in [0, 0.1) is 0 Å². The van der Waals surface area contributed by atoms with Crippen LogP contribution in [0.4, 0.5) is 4.79 Å². The summed E-state index contributed by atoms with van der Waals surface area (Å²) in [6.45, 7) is 0.620. The Morgan fingerprint density at radius 3 is 2.81 bits per heavy atom. The van der Waals surface area contributed by atoms with Crippen LogP contribution in [0.3, 0.4) is 0 Å². The Morgan fingerprint density at radius 1 is 1.48 bits per heavy atom. The summed E-state index contributed by atoms with van der Waals surface area (Å²) in [4.78, 5) is 11.7. The number of carbonyl (C=O) groups excluding carboxylic acids is 1. The van der Waals surface area contributed by atoms with E-state index in [1.54, 1.807) is 13.2 Å². The van der Waals surface area contributed by atoms with Gasteiger partial charge in [-0.3, -0.25) is 0 Å². The number of benzene rings is 1. The van der Waals surface area contributed by atoms with Crippen LogP contribution in [0.25, 0.3) is 0 Å². The van der Waals surface area contributed by atoms with E-state index < -0.39 is 5.60 Å². The van der Waals surface area contributed by atoms with E-state index in [0.717, 1.165) is 24.8 Å². The third kappa shape index (κ3) is 4.59. The summed E-state index contributed by atoms with van der Waals surface area (Å²) in [6, 6.07) is 7.04. The van der Waals surface area contributed by atoms with Crippen LogP contribution in [0.5, 0.6) is 0 Å². The van der Waals surface area contributed by atoms with Crippen LogP contribution in [0.1, 0.15) is 30.9 Å². The van der Waals surface area contributed by atoms with Gasteiger partial charge in [0.05, 0.1) is 11.7 Å². The lowest BCUT2D eigenvalue weighted by Crippen LogP contribution is -2.50. The highest BCUT2D eigenvalue weighted by molar-refractivity contribution is 6.30. The van der Waals surface area contributed by atoms with E-state index >= 15 is 0 Å². The predicted octanol–water partition coefficient (Wildman–Crippen LogP) is 2.24. The first-order valence-electron chi connectivity index (χ1n) is 7.05. The fourth-order valence-corrected chi connectivity index (χ4v) is 2.50. The molecule has 0 aromatic heterocycles. The van der Waals surface area contributed by atoms with Crippen LogP contribution >= 0.6 is 11.6 Å². The Hall–Kier alpha value is -1.30. The molecule has 0 bridgehead atoms. The monoisotopic (exact) mass is 312 g/mol. The molecule has 1 aromatic carbocycles. The number of halogens is 1. The number of aliphatic hydroxyl groups is 1. The minimum atomic E-state index is -0.717. The molecule has 1 atom stereocenters. The van der Waals surface area contributed by atoms with Crippen molar-refractivity contribution in [2.24, 2.45) is 0 Å². The number of hydrogen-bond donors (Lipinski definition) is 3. The average Bonchev–Trinajstić information content (AvgIpc) is 2.44. The van der Waals surface area contributed by atoms with E-state index in [2.05, 4.69) is 10.6 Å². The number of amides is 2. The highest BCUT2D eigenvalue weighted by atomic mass is 35.5. The maximum atomic E-state index is 11.7. The maximum Gasteiger partial charge on any atom is 0.314 e. The van der Waals surface area contributed by atoms with Crippen molar-refractivity contribution in [2.75, 3.05) is 20.2 Å². The highest BCUT2D eigenvalue weighted by Crippen LogP contribution is 2.30. The molecule has 1 aromatic rings. The molecule has 21 heavy (non-hydrogen) atoms. The summed E-state index contributed by atoms with van der Waals surface area (Å²) >= 11 is 5.95. The molecule has 2 rings (SSSR count). The van der Waals surface area contributed by atoms with E-state index in [4.69, 9.17) is 16.3 Å². The number of carbonyl (C=O) groups is 1. The van der Waals surface area contributed by atoms with Gasteiger partial charge in [-0.25, -0.2) is 4.79 Å². The first kappa shape index (κ1) is 16.1. The Kier molecular flexibility index (Phi) is 5.45. The molecule has 3 N–H and O–H groups in total. The smallest absolute Gasteiger partial charge is 0.314 e. The molecule has 0 heterocycles. The number of rotatable bonds is 6. The molecular weight excluding hydrogens is 292 g/mol. The van der Waals surface area contributed by atoms with Crippen molar-refractivity contribution in [1.82, 2.24) is 10.6 Å². The third-order valence-corrected chi connectivity index (χ3v) is 4.05. The standard InChI is InChI=1S/C15H21ClN2O3/c1-21-13(11-4-2-5-12(16)8-11)9-17-14(19)18-10-15(20)6-3-7-15/h2,4-5,8,13,20H,3,6-7,9-10H2,1H3,(H2,17,18,19)/t13-/m0/s1. The minimum absolute atomic E-state index is 0.263. The Morgan fingerprint density at radius 2 is 2.24 bits per heavy atom. The van der Waals surface area contributed by atoms with Crippen LogP contribution in [-0.4, -0.2) is 36.9 Å². The molecule has 0 aliphatic heterocycles. The lowest BCUT2D eigenvalue weighted by molar-refractivity contribution is -0.0290. The maximum absolute atomic E-state index is 11.7. The van der Waals surface area contributed by atoms with Crippen LogP contribution < -0.4 is 10.6 Å². The van der Waals surface area contributed by atoms with Gasteiger partial charge in [0, 0.05) is 25.2 Å². The van der Waals surface area contributed by atoms with Gasteiger partial charge < -0.3 is 20.5 Å². The largest absolute Gasteiger partial charge is 0.388 e. The van der Waals surface area contributed by atoms with E-state index in [1.165, 1.54) is 0 Å². The van der Waals surface area contributed by atoms with Gasteiger partial charge in [-0.2, -0.15) is 0 Å². The first-order valence-corrected chi connectivity index (χ1v) is 7.42. The number of ether oxygens (including phenoxy) is 1. The van der Waals surface area contributed by atoms with E-state index in [0.29, 0.717) is 11.6 Å². The number of methoxy groups -OCH3 is 1. The van der Waals surface area contributed by atoms with Crippen molar-refractivity contribution in [2.45, 2.75) is 31.0 Å². The summed E-state index contributed by atoms with van der Waals surface area (Å²) in [7, 11) is 1.59. The molecule has 1 aliphatic rings. The van der Waals surface area contributed by atoms with Crippen molar-refractivity contribution >= 4 is 17.6 Å². The SMILES string of the molecule is CO[C@@H](CNC(=O)NCC1(O)CCC1)c1cccc(Cl)c1. The summed E-state index contributed by atoms with van der Waals surface area (Å²) in [6.07, 6.45) is 2.24. The van der Waals surface area contributed by atoms with Crippen molar-refractivity contribution < 1.29 is 14.6 Å². The zero-order valence-corrected chi connectivity index (χ0v) is 12.8. The second-order valence-corrected chi connectivity index (χ2v) is 5.86. The molecule has 116 valence electrons. The van der Waals surface area contributed by atoms with Gasteiger partial charge in [0.1, 0.15) is 0 Å². The van der Waals surface area contributed by atoms with E-state index in [9.17, 15) is 9.90 Å². The van der Waals surface area contributed by atoms with Crippen LogP contribution in [-0.2, 0) is 4.74 Å². The fraction of sp³-hybridized carbons (Fsp3) is 0.533. The summed E-state index contributed by atoms with van der Waals surface area (Å²) in [5.41, 5.74) is 0.188. The minimum Gasteiger partial charge on any atom is -0.388 e. The molecule has 6 heteroatoms. The molecule has 1 saturated carbocycles. The van der Waals surface area contributed by atoms with Crippen LogP contribution in [0.15, 0.2) is 24.3 Å². The number of hydrogen-bond acceptors (Lipinski definition) is 3. The molecule has 0 radical (unpaired) electrons. The first-order chi connectivity index (χ1) is 10.0. The van der Waals surface area contributed by atoms with Crippen molar-refractivity contribution in [3.8, 4) is 0 Å². The van der Waals surface area contributed by atoms with Crippen molar-refractivity contribution in [3.05, 3.63) is 34.9 Å². The van der Waals surface area contributed by atoms with Gasteiger partial charge in [0.2, 0.25) is 0 Å². The van der Waals surface area contributed by atoms with Gasteiger partial charge in [0.25, 0.3) is 0 Å². The highest BCUT2D eigenvalue weighted by Gasteiger charge is 2.34. The fourth-order valence-electron chi connectivity index (χ4n) is 2.30. The lowest BCUT2D eigenvalue weighted by atomic mass is 9.80. The Balaban J connectivity index is 1.78. The zero-order valence-electron chi connectivity index (χ0n) is 12.1. The summed E-state index contributed by atoms with van der Waals surface area (Å²) < 4.78 is 5.37. The lowest BCUT2D eigenvalue weighted by Gasteiger charge is -2.36. The summed E-state index contributed by atoms with van der Waals surface area (Å²) in [5.74, 6) is 0. The number of urea groups is 1. The summed E-state index contributed by atoms with van der Waals surface area (Å²) in [5, 5.41) is 16.0. The molecule has 5 nitrogen and oxygen atoms in total. The molecule has 0 saturated heterocycles. The molecule has 0 spiro atoms. The van der Waals surface area contributed by atoms with Crippen molar-refractivity contribution in [1.29, 1.82) is 0 Å². The molecule has 0 unspecified atom stereocenters. The van der Waals surface area contributed by atoms with Gasteiger partial charge >= 0.3 is 6.03 Å². The Labute approximate surface area is 129 Å². The molecule has 2 amide bonds. The Bertz CT molecular complexity index is 492. The van der Waals surface area contributed by atoms with E-state index in [1.807, 2.05) is 18.2 Å². The normalized spacial score (nSPS) is 17.7.